The van der Waals surface area contributed by atoms with Crippen LogP contribution in [0, 0.1) is 30.6 Å². The zero-order valence-electron chi connectivity index (χ0n) is 11.9. The molecule has 0 unspecified atom stereocenters. The van der Waals surface area contributed by atoms with E-state index in [1.165, 1.54) is 0 Å². The highest BCUT2D eigenvalue weighted by Crippen LogP contribution is 2.60. The maximum atomic E-state index is 12.7. The summed E-state index contributed by atoms with van der Waals surface area (Å²) in [5, 5.41) is 2.97. The molecule has 0 spiro atoms. The Labute approximate surface area is 145 Å². The van der Waals surface area contributed by atoms with Gasteiger partial charge in [0.15, 0.2) is 0 Å². The van der Waals surface area contributed by atoms with E-state index >= 15 is 0 Å². The van der Waals surface area contributed by atoms with E-state index in [-0.39, 0.29) is 46.5 Å². The number of hydrogen-bond acceptors (Lipinski definition) is 3. The van der Waals surface area contributed by atoms with Gasteiger partial charge in [-0.2, -0.15) is 0 Å². The van der Waals surface area contributed by atoms with Gasteiger partial charge in [0.05, 0.1) is 16.7 Å². The highest BCUT2D eigenvalue weighted by molar-refractivity contribution is 9.10. The van der Waals surface area contributed by atoms with Crippen molar-refractivity contribution in [1.82, 2.24) is 0 Å². The SMILES string of the molecule is Cc1cc(NC(=O)[C@H]2[C@@H]3C[C@H]4[C@H](OC(=O)[C@@H]42)[C@@H]3Br)ccc1Br. The fourth-order valence-electron chi connectivity index (χ4n) is 4.28. The normalized spacial score (nSPS) is 38.2. The number of hydrogen-bond donors (Lipinski definition) is 1. The Morgan fingerprint density at radius 3 is 2.86 bits per heavy atom. The first-order chi connectivity index (χ1) is 10.5. The number of aryl methyl sites for hydroxylation is 1. The number of ether oxygens (including phenoxy) is 1. The number of rotatable bonds is 2. The van der Waals surface area contributed by atoms with Crippen molar-refractivity contribution in [3.8, 4) is 0 Å². The van der Waals surface area contributed by atoms with Crippen LogP contribution in [0.5, 0.6) is 0 Å². The third kappa shape index (κ3) is 1.99. The molecule has 2 saturated carbocycles. The zero-order chi connectivity index (χ0) is 15.6. The Morgan fingerprint density at radius 2 is 2.14 bits per heavy atom. The van der Waals surface area contributed by atoms with Gasteiger partial charge < -0.3 is 10.1 Å². The van der Waals surface area contributed by atoms with Gasteiger partial charge in [-0.3, -0.25) is 9.59 Å². The first kappa shape index (κ1) is 14.7. The lowest BCUT2D eigenvalue weighted by molar-refractivity contribution is -0.145. The Morgan fingerprint density at radius 1 is 1.36 bits per heavy atom. The predicted octanol–water partition coefficient (Wildman–Crippen LogP) is 3.27. The Kier molecular flexibility index (Phi) is 3.38. The molecule has 22 heavy (non-hydrogen) atoms. The molecule has 1 amide bonds. The summed E-state index contributed by atoms with van der Waals surface area (Å²) in [6.45, 7) is 1.98. The molecule has 1 N–H and O–H groups in total. The van der Waals surface area contributed by atoms with Crippen LogP contribution in [0.4, 0.5) is 5.69 Å². The van der Waals surface area contributed by atoms with Crippen molar-refractivity contribution in [1.29, 1.82) is 0 Å². The van der Waals surface area contributed by atoms with Gasteiger partial charge in [0, 0.05) is 16.1 Å². The second-order valence-corrected chi connectivity index (χ2v) is 8.33. The van der Waals surface area contributed by atoms with Crippen LogP contribution in [0.25, 0.3) is 0 Å². The molecule has 3 fully saturated rings. The summed E-state index contributed by atoms with van der Waals surface area (Å²) in [7, 11) is 0. The van der Waals surface area contributed by atoms with Crippen LogP contribution in [0.3, 0.4) is 0 Å². The van der Waals surface area contributed by atoms with Gasteiger partial charge in [-0.25, -0.2) is 0 Å². The molecule has 1 aromatic carbocycles. The average molecular weight is 429 g/mol. The molecule has 6 atom stereocenters. The fourth-order valence-corrected chi connectivity index (χ4v) is 5.57. The van der Waals surface area contributed by atoms with E-state index in [1.807, 2.05) is 25.1 Å². The number of anilines is 1. The Balaban J connectivity index is 1.58. The summed E-state index contributed by atoms with van der Waals surface area (Å²) in [5.74, 6) is -0.440. The summed E-state index contributed by atoms with van der Waals surface area (Å²) in [4.78, 5) is 24.9. The summed E-state index contributed by atoms with van der Waals surface area (Å²) in [6, 6.07) is 5.71. The van der Waals surface area contributed by atoms with E-state index in [0.29, 0.717) is 0 Å². The first-order valence-electron chi connectivity index (χ1n) is 7.39. The maximum Gasteiger partial charge on any atom is 0.310 e. The van der Waals surface area contributed by atoms with E-state index in [4.69, 9.17) is 4.74 Å². The summed E-state index contributed by atoms with van der Waals surface area (Å²) in [5.41, 5.74) is 1.83. The number of alkyl halides is 1. The van der Waals surface area contributed by atoms with E-state index in [1.54, 1.807) is 0 Å². The van der Waals surface area contributed by atoms with Gasteiger partial charge in [-0.15, -0.1) is 0 Å². The number of amides is 1. The van der Waals surface area contributed by atoms with Gasteiger partial charge in [-0.05, 0) is 43.0 Å². The standard InChI is InChI=1S/C16H15Br2NO3/c1-6-4-7(2-3-10(6)17)19-15(20)11-8-5-9-12(11)16(21)22-14(9)13(8)18/h2-4,8-9,11-14H,5H2,1H3,(H,19,20)/t8-,9+,11-,12-,13+,14-/m0/s1. The molecule has 1 saturated heterocycles. The second kappa shape index (κ2) is 5.06. The summed E-state index contributed by atoms with van der Waals surface area (Å²) >= 11 is 7.08. The van der Waals surface area contributed by atoms with Crippen LogP contribution in [0.1, 0.15) is 12.0 Å². The summed E-state index contributed by atoms with van der Waals surface area (Å²) < 4.78 is 6.45. The summed E-state index contributed by atoms with van der Waals surface area (Å²) in [6.07, 6.45) is 0.857. The third-order valence-corrected chi connectivity index (χ3v) is 7.34. The van der Waals surface area contributed by atoms with Crippen LogP contribution in [0.2, 0.25) is 0 Å². The quantitative estimate of drug-likeness (QED) is 0.581. The molecule has 1 aliphatic heterocycles. The van der Waals surface area contributed by atoms with Crippen molar-refractivity contribution in [3.05, 3.63) is 28.2 Å². The van der Waals surface area contributed by atoms with E-state index in [2.05, 4.69) is 37.2 Å². The average Bonchev–Trinajstić information content (AvgIpc) is 3.07. The largest absolute Gasteiger partial charge is 0.461 e. The number of fused-ring (bicyclic) bond motifs is 1. The highest BCUT2D eigenvalue weighted by Gasteiger charge is 2.67. The van der Waals surface area contributed by atoms with E-state index < -0.39 is 0 Å². The predicted molar refractivity (Wildman–Crippen MR) is 88.7 cm³/mol. The number of carbonyl (C=O) groups excluding carboxylic acids is 2. The molecule has 116 valence electrons. The number of benzene rings is 1. The molecule has 1 heterocycles. The molecular formula is C16H15Br2NO3. The Bertz CT molecular complexity index is 677. The maximum absolute atomic E-state index is 12.7. The smallest absolute Gasteiger partial charge is 0.310 e. The van der Waals surface area contributed by atoms with Crippen LogP contribution < -0.4 is 5.32 Å². The first-order valence-corrected chi connectivity index (χ1v) is 9.10. The van der Waals surface area contributed by atoms with Crippen LogP contribution in [-0.2, 0) is 14.3 Å². The van der Waals surface area contributed by atoms with Crippen molar-refractivity contribution in [2.45, 2.75) is 24.3 Å². The van der Waals surface area contributed by atoms with Gasteiger partial charge in [0.1, 0.15) is 6.10 Å². The van der Waals surface area contributed by atoms with Crippen LogP contribution in [-0.4, -0.2) is 22.8 Å². The van der Waals surface area contributed by atoms with E-state index in [0.717, 1.165) is 22.1 Å². The zero-order valence-corrected chi connectivity index (χ0v) is 15.1. The lowest BCUT2D eigenvalue weighted by atomic mass is 9.79. The second-order valence-electron chi connectivity index (χ2n) is 6.41. The molecule has 4 rings (SSSR count). The van der Waals surface area contributed by atoms with Gasteiger partial charge in [0.2, 0.25) is 5.91 Å². The third-order valence-electron chi connectivity index (χ3n) is 5.25. The van der Waals surface area contributed by atoms with Gasteiger partial charge in [0.25, 0.3) is 0 Å². The molecule has 4 nitrogen and oxygen atoms in total. The number of halogens is 2. The van der Waals surface area contributed by atoms with Crippen LogP contribution >= 0.6 is 31.9 Å². The minimum Gasteiger partial charge on any atom is -0.461 e. The number of carbonyl (C=O) groups is 2. The van der Waals surface area contributed by atoms with Crippen molar-refractivity contribution in [2.24, 2.45) is 23.7 Å². The Hall–Kier alpha value is -0.880. The van der Waals surface area contributed by atoms with E-state index in [9.17, 15) is 9.59 Å². The van der Waals surface area contributed by atoms with Gasteiger partial charge >= 0.3 is 5.97 Å². The lowest BCUT2D eigenvalue weighted by Gasteiger charge is -2.27. The molecule has 0 radical (unpaired) electrons. The molecule has 2 aliphatic carbocycles. The van der Waals surface area contributed by atoms with Crippen molar-refractivity contribution in [2.75, 3.05) is 5.32 Å². The number of esters is 1. The minimum absolute atomic E-state index is 0.0403. The number of nitrogens with one attached hydrogen (secondary N) is 1. The minimum atomic E-state index is -0.287. The molecule has 0 aromatic heterocycles. The molecule has 3 aliphatic rings. The van der Waals surface area contributed by atoms with Crippen molar-refractivity contribution >= 4 is 49.4 Å². The molecular weight excluding hydrogens is 414 g/mol. The molecule has 1 aromatic rings. The molecule has 6 heteroatoms. The monoisotopic (exact) mass is 427 g/mol. The highest BCUT2D eigenvalue weighted by atomic mass is 79.9. The fraction of sp³-hybridized carbons (Fsp3) is 0.500. The molecule has 2 bridgehead atoms. The topological polar surface area (TPSA) is 55.4 Å². The van der Waals surface area contributed by atoms with Crippen molar-refractivity contribution in [3.63, 3.8) is 0 Å². The van der Waals surface area contributed by atoms with Gasteiger partial charge in [-0.1, -0.05) is 31.9 Å². The van der Waals surface area contributed by atoms with Crippen molar-refractivity contribution < 1.29 is 14.3 Å². The van der Waals surface area contributed by atoms with Crippen LogP contribution in [0.15, 0.2) is 22.7 Å². The lowest BCUT2D eigenvalue weighted by Crippen LogP contribution is -2.40.